The van der Waals surface area contributed by atoms with Crippen LogP contribution >= 0.6 is 0 Å². The van der Waals surface area contributed by atoms with Gasteiger partial charge in [0.25, 0.3) is 0 Å². The summed E-state index contributed by atoms with van der Waals surface area (Å²) in [6.07, 6.45) is 3.84. The molecular weight excluding hydrogens is 176 g/mol. The zero-order chi connectivity index (χ0) is 10.6. The van der Waals surface area contributed by atoms with Crippen LogP contribution in [-0.4, -0.2) is 12.2 Å². The van der Waals surface area contributed by atoms with Gasteiger partial charge in [0.1, 0.15) is 0 Å². The molecule has 0 saturated carbocycles. The number of hydrogen-bond donors (Lipinski definition) is 0. The van der Waals surface area contributed by atoms with E-state index in [-0.39, 0.29) is 12.2 Å². The molecule has 2 atom stereocenters. The van der Waals surface area contributed by atoms with E-state index in [2.05, 4.69) is 0 Å². The molecule has 0 aliphatic carbocycles. The Balaban J connectivity index is 2.69. The minimum atomic E-state index is -0.609. The summed E-state index contributed by atoms with van der Waals surface area (Å²) in [6, 6.07) is 3.90. The Morgan fingerprint density at radius 3 is 2.21 bits per heavy atom. The van der Waals surface area contributed by atoms with Gasteiger partial charge in [0, 0.05) is 0 Å². The van der Waals surface area contributed by atoms with E-state index in [0.29, 0.717) is 0 Å². The van der Waals surface area contributed by atoms with Crippen LogP contribution in [0, 0.1) is 28.6 Å². The van der Waals surface area contributed by atoms with E-state index in [9.17, 15) is 0 Å². The first-order chi connectivity index (χ1) is 6.65. The van der Waals surface area contributed by atoms with Gasteiger partial charge in [0.15, 0.2) is 5.92 Å². The minimum absolute atomic E-state index is 0.197. The third-order valence-corrected chi connectivity index (χ3v) is 2.24. The highest BCUT2D eigenvalue weighted by molar-refractivity contribution is 5.18. The van der Waals surface area contributed by atoms with Gasteiger partial charge in [-0.3, -0.25) is 0 Å². The van der Waals surface area contributed by atoms with Crippen molar-refractivity contribution in [3.8, 4) is 12.1 Å². The van der Waals surface area contributed by atoms with Crippen molar-refractivity contribution in [3.63, 3.8) is 0 Å². The molecule has 0 amide bonds. The lowest BCUT2D eigenvalue weighted by Crippen LogP contribution is -2.24. The number of rotatable bonds is 1. The van der Waals surface area contributed by atoms with E-state index in [1.807, 2.05) is 26.0 Å². The van der Waals surface area contributed by atoms with Gasteiger partial charge in [-0.05, 0) is 26.7 Å². The molecule has 74 valence electrons. The Morgan fingerprint density at radius 1 is 1.29 bits per heavy atom. The second-order valence-corrected chi connectivity index (χ2v) is 3.73. The van der Waals surface area contributed by atoms with Crippen LogP contribution in [0.3, 0.4) is 0 Å². The summed E-state index contributed by atoms with van der Waals surface area (Å²) in [4.78, 5) is 0. The summed E-state index contributed by atoms with van der Waals surface area (Å²) in [5.74, 6) is -0.609. The maximum atomic E-state index is 8.64. The topological polar surface area (TPSA) is 56.8 Å². The molecule has 1 aliphatic rings. The van der Waals surface area contributed by atoms with Gasteiger partial charge in [-0.15, -0.1) is 0 Å². The predicted molar refractivity (Wildman–Crippen MR) is 52.0 cm³/mol. The van der Waals surface area contributed by atoms with E-state index in [4.69, 9.17) is 15.3 Å². The zero-order valence-electron chi connectivity index (χ0n) is 8.53. The molecule has 0 spiro atoms. The fourth-order valence-electron chi connectivity index (χ4n) is 1.79. The molecule has 0 aromatic rings. The minimum Gasteiger partial charge on any atom is -0.375 e. The number of allylic oxidation sites excluding steroid dienone is 1. The Bertz CT molecular complexity index is 282. The highest BCUT2D eigenvalue weighted by Gasteiger charge is 2.19. The largest absolute Gasteiger partial charge is 0.375 e. The first kappa shape index (κ1) is 10.8. The third-order valence-electron chi connectivity index (χ3n) is 2.24. The molecule has 14 heavy (non-hydrogen) atoms. The van der Waals surface area contributed by atoms with Gasteiger partial charge in [-0.25, -0.2) is 0 Å². The standard InChI is InChI=1S/C11H14N2O/c1-8-3-10(4-9(2)14-8)5-11(6-12)7-13/h5,8-9,11H,3-4H2,1-2H3. The molecular formula is C11H14N2O. The Kier molecular flexibility index (Phi) is 3.68. The molecule has 0 aromatic carbocycles. The molecule has 3 nitrogen and oxygen atoms in total. The number of hydrogen-bond acceptors (Lipinski definition) is 3. The average molecular weight is 190 g/mol. The van der Waals surface area contributed by atoms with Crippen molar-refractivity contribution >= 4 is 0 Å². The van der Waals surface area contributed by atoms with Crippen LogP contribution in [0.25, 0.3) is 0 Å². The molecule has 0 N–H and O–H groups in total. The van der Waals surface area contributed by atoms with E-state index in [0.717, 1.165) is 12.8 Å². The fourth-order valence-corrected chi connectivity index (χ4v) is 1.79. The summed E-state index contributed by atoms with van der Waals surface area (Å²) in [5, 5.41) is 17.3. The smallest absolute Gasteiger partial charge is 0.151 e. The maximum Gasteiger partial charge on any atom is 0.151 e. The SMILES string of the molecule is CC1CC(=CC(C#N)C#N)CC(C)O1. The van der Waals surface area contributed by atoms with Crippen molar-refractivity contribution in [3.05, 3.63) is 11.6 Å². The van der Waals surface area contributed by atoms with Crippen molar-refractivity contribution in [1.29, 1.82) is 10.5 Å². The van der Waals surface area contributed by atoms with Gasteiger partial charge in [0.2, 0.25) is 0 Å². The van der Waals surface area contributed by atoms with Crippen molar-refractivity contribution in [2.75, 3.05) is 0 Å². The van der Waals surface area contributed by atoms with Crippen LogP contribution in [0.5, 0.6) is 0 Å². The fraction of sp³-hybridized carbons (Fsp3) is 0.636. The van der Waals surface area contributed by atoms with Gasteiger partial charge in [-0.1, -0.05) is 11.6 Å². The van der Waals surface area contributed by atoms with Crippen LogP contribution in [-0.2, 0) is 4.74 Å². The summed E-state index contributed by atoms with van der Waals surface area (Å²) < 4.78 is 5.56. The maximum absolute atomic E-state index is 8.64. The molecule has 1 heterocycles. The molecule has 0 bridgehead atoms. The van der Waals surface area contributed by atoms with Crippen LogP contribution in [0.4, 0.5) is 0 Å². The lowest BCUT2D eigenvalue weighted by atomic mass is 9.96. The number of nitrogens with zero attached hydrogens (tertiary/aromatic N) is 2. The van der Waals surface area contributed by atoms with Gasteiger partial charge in [0.05, 0.1) is 24.3 Å². The van der Waals surface area contributed by atoms with E-state index >= 15 is 0 Å². The molecule has 2 unspecified atom stereocenters. The Hall–Kier alpha value is -1.32. The van der Waals surface area contributed by atoms with Gasteiger partial charge < -0.3 is 4.74 Å². The second kappa shape index (κ2) is 4.79. The molecule has 1 rings (SSSR count). The summed E-state index contributed by atoms with van der Waals surface area (Å²) >= 11 is 0. The molecule has 1 aliphatic heterocycles. The lowest BCUT2D eigenvalue weighted by Gasteiger charge is -2.27. The Morgan fingerprint density at radius 2 is 1.79 bits per heavy atom. The van der Waals surface area contributed by atoms with E-state index in [1.165, 1.54) is 5.57 Å². The first-order valence-corrected chi connectivity index (χ1v) is 4.80. The van der Waals surface area contributed by atoms with Crippen LogP contribution < -0.4 is 0 Å². The van der Waals surface area contributed by atoms with E-state index in [1.54, 1.807) is 6.08 Å². The predicted octanol–water partition coefficient (Wildman–Crippen LogP) is 2.16. The molecule has 3 heteroatoms. The molecule has 0 aromatic heterocycles. The number of ether oxygens (including phenoxy) is 1. The molecule has 1 fully saturated rings. The number of nitriles is 2. The monoisotopic (exact) mass is 190 g/mol. The summed E-state index contributed by atoms with van der Waals surface area (Å²) in [7, 11) is 0. The quantitative estimate of drug-likeness (QED) is 0.595. The van der Waals surface area contributed by atoms with Crippen molar-refractivity contribution < 1.29 is 4.74 Å². The lowest BCUT2D eigenvalue weighted by molar-refractivity contribution is -0.0104. The third kappa shape index (κ3) is 2.87. The zero-order valence-corrected chi connectivity index (χ0v) is 8.53. The molecule has 1 saturated heterocycles. The van der Waals surface area contributed by atoms with Crippen LogP contribution in [0.15, 0.2) is 11.6 Å². The first-order valence-electron chi connectivity index (χ1n) is 4.80. The van der Waals surface area contributed by atoms with Crippen molar-refractivity contribution in [1.82, 2.24) is 0 Å². The second-order valence-electron chi connectivity index (χ2n) is 3.73. The average Bonchev–Trinajstić information content (AvgIpc) is 2.12. The summed E-state index contributed by atoms with van der Waals surface area (Å²) in [5.41, 5.74) is 1.17. The highest BCUT2D eigenvalue weighted by atomic mass is 16.5. The van der Waals surface area contributed by atoms with E-state index < -0.39 is 5.92 Å². The summed E-state index contributed by atoms with van der Waals surface area (Å²) in [6.45, 7) is 4.02. The normalized spacial score (nSPS) is 26.8. The van der Waals surface area contributed by atoms with Crippen LogP contribution in [0.2, 0.25) is 0 Å². The van der Waals surface area contributed by atoms with Gasteiger partial charge >= 0.3 is 0 Å². The highest BCUT2D eigenvalue weighted by Crippen LogP contribution is 2.24. The molecule has 0 radical (unpaired) electrons. The Labute approximate surface area is 84.6 Å². The van der Waals surface area contributed by atoms with Crippen LogP contribution in [0.1, 0.15) is 26.7 Å². The van der Waals surface area contributed by atoms with Crippen molar-refractivity contribution in [2.45, 2.75) is 38.9 Å². The van der Waals surface area contributed by atoms with Crippen molar-refractivity contribution in [2.24, 2.45) is 5.92 Å². The van der Waals surface area contributed by atoms with Gasteiger partial charge in [-0.2, -0.15) is 10.5 Å².